The molecule has 0 bridgehead atoms. The van der Waals surface area contributed by atoms with E-state index in [-0.39, 0.29) is 0 Å². The number of hydrogen-bond acceptors (Lipinski definition) is 3. The van der Waals surface area contributed by atoms with E-state index in [4.69, 9.17) is 5.73 Å². The Morgan fingerprint density at radius 1 is 1.50 bits per heavy atom. The molecule has 0 heterocycles. The van der Waals surface area contributed by atoms with Crippen molar-refractivity contribution >= 4 is 17.3 Å². The zero-order chi connectivity index (χ0) is 12.0. The summed E-state index contributed by atoms with van der Waals surface area (Å²) in [5.74, 6) is -0.494. The normalized spacial score (nSPS) is 10.4. The lowest BCUT2D eigenvalue weighted by atomic mass is 10.3. The molecule has 0 aliphatic carbocycles. The van der Waals surface area contributed by atoms with E-state index in [2.05, 4.69) is 10.1 Å². The lowest BCUT2D eigenvalue weighted by Gasteiger charge is -2.06. The van der Waals surface area contributed by atoms with Crippen LogP contribution < -0.4 is 11.1 Å². The monoisotopic (exact) mass is 230 g/mol. The summed E-state index contributed by atoms with van der Waals surface area (Å²) >= 11 is 0. The van der Waals surface area contributed by atoms with Crippen molar-refractivity contribution in [3.63, 3.8) is 0 Å². The predicted octanol–water partition coefficient (Wildman–Crippen LogP) is 1.49. The van der Waals surface area contributed by atoms with Crippen LogP contribution in [0.5, 0.6) is 0 Å². The van der Waals surface area contributed by atoms with Crippen molar-refractivity contribution in [1.29, 1.82) is 0 Å². The fraction of sp³-hybridized carbons (Fsp3) is 0.300. The van der Waals surface area contributed by atoms with E-state index in [1.54, 1.807) is 24.3 Å². The third kappa shape index (κ3) is 4.70. The SMILES string of the molecule is Nc1cccc(NC(=O)COCC(F)F)c1. The Bertz CT molecular complexity index is 358. The number of nitrogens with one attached hydrogen (secondary N) is 1. The van der Waals surface area contributed by atoms with Crippen LogP contribution in [-0.4, -0.2) is 25.5 Å². The largest absolute Gasteiger partial charge is 0.399 e. The summed E-state index contributed by atoms with van der Waals surface area (Å²) in [6.07, 6.45) is -2.57. The minimum atomic E-state index is -2.57. The molecule has 0 fully saturated rings. The Morgan fingerprint density at radius 3 is 2.88 bits per heavy atom. The van der Waals surface area contributed by atoms with Crippen LogP contribution in [0.15, 0.2) is 24.3 Å². The van der Waals surface area contributed by atoms with Gasteiger partial charge < -0.3 is 15.8 Å². The number of halogens is 2. The minimum absolute atomic E-state index is 0.404. The molecule has 1 rings (SSSR count). The van der Waals surface area contributed by atoms with Crippen LogP contribution >= 0.6 is 0 Å². The van der Waals surface area contributed by atoms with Crippen molar-refractivity contribution in [3.05, 3.63) is 24.3 Å². The lowest BCUT2D eigenvalue weighted by Crippen LogP contribution is -2.20. The summed E-state index contributed by atoms with van der Waals surface area (Å²) < 4.78 is 27.8. The van der Waals surface area contributed by atoms with Crippen LogP contribution in [0.4, 0.5) is 20.2 Å². The standard InChI is InChI=1S/C10H12F2N2O2/c11-9(12)5-16-6-10(15)14-8-3-1-2-7(13)4-8/h1-4,9H,5-6,13H2,(H,14,15). The van der Waals surface area contributed by atoms with Gasteiger partial charge in [-0.3, -0.25) is 4.79 Å². The Morgan fingerprint density at radius 2 is 2.25 bits per heavy atom. The number of carbonyl (C=O) groups excluding carboxylic acids is 1. The zero-order valence-corrected chi connectivity index (χ0v) is 8.45. The van der Waals surface area contributed by atoms with Gasteiger partial charge in [0.1, 0.15) is 13.2 Å². The van der Waals surface area contributed by atoms with Crippen LogP contribution in [-0.2, 0) is 9.53 Å². The van der Waals surface area contributed by atoms with Crippen molar-refractivity contribution in [3.8, 4) is 0 Å². The summed E-state index contributed by atoms with van der Waals surface area (Å²) in [5.41, 5.74) is 6.50. The number of carbonyl (C=O) groups is 1. The fourth-order valence-electron chi connectivity index (χ4n) is 1.05. The number of ether oxygens (including phenoxy) is 1. The van der Waals surface area contributed by atoms with Gasteiger partial charge >= 0.3 is 0 Å². The van der Waals surface area contributed by atoms with Gasteiger partial charge in [-0.1, -0.05) is 6.07 Å². The Labute approximate surface area is 91.4 Å². The van der Waals surface area contributed by atoms with Gasteiger partial charge in [0.05, 0.1) is 0 Å². The molecule has 0 atom stereocenters. The number of nitrogen functional groups attached to an aromatic ring is 1. The molecule has 0 spiro atoms. The molecule has 0 radical (unpaired) electrons. The number of nitrogens with two attached hydrogens (primary N) is 1. The third-order valence-corrected chi connectivity index (χ3v) is 1.65. The topological polar surface area (TPSA) is 64.3 Å². The Balaban J connectivity index is 2.34. The number of rotatable bonds is 5. The lowest BCUT2D eigenvalue weighted by molar-refractivity contribution is -0.121. The second kappa shape index (κ2) is 6.02. The molecule has 0 aliphatic heterocycles. The molecule has 0 unspecified atom stereocenters. The molecule has 0 aromatic heterocycles. The molecule has 1 aromatic carbocycles. The molecule has 0 saturated carbocycles. The van der Waals surface area contributed by atoms with Crippen molar-refractivity contribution < 1.29 is 18.3 Å². The first-order valence-corrected chi connectivity index (χ1v) is 4.59. The van der Waals surface area contributed by atoms with E-state index in [1.807, 2.05) is 0 Å². The first kappa shape index (κ1) is 12.4. The zero-order valence-electron chi connectivity index (χ0n) is 8.45. The van der Waals surface area contributed by atoms with Crippen molar-refractivity contribution in [2.75, 3.05) is 24.3 Å². The molecular weight excluding hydrogens is 218 g/mol. The number of anilines is 2. The summed E-state index contributed by atoms with van der Waals surface area (Å²) in [6.45, 7) is -1.15. The van der Waals surface area contributed by atoms with E-state index in [0.717, 1.165) is 0 Å². The minimum Gasteiger partial charge on any atom is -0.399 e. The Hall–Kier alpha value is -1.69. The highest BCUT2D eigenvalue weighted by molar-refractivity contribution is 5.92. The summed E-state index contributed by atoms with van der Waals surface area (Å²) in [6, 6.07) is 6.54. The molecule has 3 N–H and O–H groups in total. The highest BCUT2D eigenvalue weighted by Crippen LogP contribution is 2.11. The number of amides is 1. The van der Waals surface area contributed by atoms with Gasteiger partial charge in [0.25, 0.3) is 6.43 Å². The predicted molar refractivity (Wildman–Crippen MR) is 56.3 cm³/mol. The van der Waals surface area contributed by atoms with Gasteiger partial charge in [0, 0.05) is 11.4 Å². The van der Waals surface area contributed by atoms with E-state index < -0.39 is 25.5 Å². The molecular formula is C10H12F2N2O2. The smallest absolute Gasteiger partial charge is 0.261 e. The van der Waals surface area contributed by atoms with E-state index in [9.17, 15) is 13.6 Å². The maximum atomic E-state index is 11.7. The molecule has 1 amide bonds. The fourth-order valence-corrected chi connectivity index (χ4v) is 1.05. The molecule has 4 nitrogen and oxygen atoms in total. The number of benzene rings is 1. The van der Waals surface area contributed by atoms with Gasteiger partial charge in [0.2, 0.25) is 5.91 Å². The molecule has 0 saturated heterocycles. The van der Waals surface area contributed by atoms with Crippen LogP contribution in [0.25, 0.3) is 0 Å². The van der Waals surface area contributed by atoms with E-state index in [0.29, 0.717) is 11.4 Å². The van der Waals surface area contributed by atoms with Gasteiger partial charge in [-0.2, -0.15) is 0 Å². The highest BCUT2D eigenvalue weighted by Gasteiger charge is 2.06. The van der Waals surface area contributed by atoms with Gasteiger partial charge in [-0.15, -0.1) is 0 Å². The number of hydrogen-bond donors (Lipinski definition) is 2. The molecule has 1 aromatic rings. The van der Waals surface area contributed by atoms with Crippen molar-refractivity contribution in [2.45, 2.75) is 6.43 Å². The molecule has 16 heavy (non-hydrogen) atoms. The average molecular weight is 230 g/mol. The quantitative estimate of drug-likeness (QED) is 0.753. The van der Waals surface area contributed by atoms with Crippen LogP contribution in [0.2, 0.25) is 0 Å². The second-order valence-corrected chi connectivity index (χ2v) is 3.08. The maximum Gasteiger partial charge on any atom is 0.261 e. The van der Waals surface area contributed by atoms with Gasteiger partial charge in [-0.05, 0) is 18.2 Å². The molecule has 88 valence electrons. The Kier molecular flexibility index (Phi) is 4.65. The third-order valence-electron chi connectivity index (χ3n) is 1.65. The van der Waals surface area contributed by atoms with Gasteiger partial charge in [0.15, 0.2) is 0 Å². The first-order valence-electron chi connectivity index (χ1n) is 4.59. The van der Waals surface area contributed by atoms with Crippen LogP contribution in [0.1, 0.15) is 0 Å². The summed E-state index contributed by atoms with van der Waals surface area (Å²) in [7, 11) is 0. The first-order chi connectivity index (χ1) is 7.58. The van der Waals surface area contributed by atoms with Crippen molar-refractivity contribution in [2.24, 2.45) is 0 Å². The molecule has 0 aliphatic rings. The van der Waals surface area contributed by atoms with Crippen molar-refractivity contribution in [1.82, 2.24) is 0 Å². The summed E-state index contributed by atoms with van der Waals surface area (Å²) in [4.78, 5) is 11.2. The summed E-state index contributed by atoms with van der Waals surface area (Å²) in [5, 5.41) is 2.47. The molecule has 6 heteroatoms. The van der Waals surface area contributed by atoms with Crippen LogP contribution in [0, 0.1) is 0 Å². The van der Waals surface area contributed by atoms with E-state index in [1.165, 1.54) is 0 Å². The maximum absolute atomic E-state index is 11.7. The highest BCUT2D eigenvalue weighted by atomic mass is 19.3. The van der Waals surface area contributed by atoms with Gasteiger partial charge in [-0.25, -0.2) is 8.78 Å². The second-order valence-electron chi connectivity index (χ2n) is 3.08. The average Bonchev–Trinajstić information content (AvgIpc) is 2.16. The van der Waals surface area contributed by atoms with E-state index >= 15 is 0 Å². The number of alkyl halides is 2. The van der Waals surface area contributed by atoms with Crippen LogP contribution in [0.3, 0.4) is 0 Å².